The number of nitrogen functional groups attached to an aromatic ring is 1. The molecule has 0 bridgehead atoms. The molecule has 1 aromatic carbocycles. The Kier molecular flexibility index (Phi) is 4.02. The molecule has 3 N–H and O–H groups in total. The van der Waals surface area contributed by atoms with Gasteiger partial charge < -0.3 is 11.1 Å². The van der Waals surface area contributed by atoms with Crippen molar-refractivity contribution < 1.29 is 4.92 Å². The van der Waals surface area contributed by atoms with E-state index in [1.807, 2.05) is 12.1 Å². The summed E-state index contributed by atoms with van der Waals surface area (Å²) < 4.78 is 0. The molecule has 0 radical (unpaired) electrons. The Balaban J connectivity index is 1.95. The van der Waals surface area contributed by atoms with Crippen molar-refractivity contribution in [3.63, 3.8) is 0 Å². The minimum Gasteiger partial charge on any atom is -0.393 e. The maximum atomic E-state index is 11.0. The minimum atomic E-state index is -0.521. The predicted molar refractivity (Wildman–Crippen MR) is 90.8 cm³/mol. The van der Waals surface area contributed by atoms with Crippen molar-refractivity contribution in [3.05, 3.63) is 64.6 Å². The molecule has 24 heavy (non-hydrogen) atoms. The van der Waals surface area contributed by atoms with Crippen LogP contribution in [-0.4, -0.2) is 19.9 Å². The lowest BCUT2D eigenvalue weighted by atomic mass is 10.1. The van der Waals surface area contributed by atoms with Crippen LogP contribution in [-0.2, 0) is 0 Å². The van der Waals surface area contributed by atoms with Crippen LogP contribution in [0.4, 0.5) is 23.0 Å². The fourth-order valence-electron chi connectivity index (χ4n) is 2.23. The molecule has 0 spiro atoms. The SMILES string of the molecule is Cc1cc(N)c([N+](=O)[O-])cc1Nc1nccc(-c2cccnc2)n1. The van der Waals surface area contributed by atoms with Crippen molar-refractivity contribution >= 4 is 23.0 Å². The fraction of sp³-hybridized carbons (Fsp3) is 0.0625. The zero-order chi connectivity index (χ0) is 17.1. The third-order valence-corrected chi connectivity index (χ3v) is 3.43. The van der Waals surface area contributed by atoms with Gasteiger partial charge in [-0.2, -0.15) is 0 Å². The van der Waals surface area contributed by atoms with Gasteiger partial charge in [0.15, 0.2) is 0 Å². The van der Waals surface area contributed by atoms with Gasteiger partial charge >= 0.3 is 0 Å². The molecule has 0 saturated heterocycles. The van der Waals surface area contributed by atoms with Crippen LogP contribution in [0.5, 0.6) is 0 Å². The molecule has 3 rings (SSSR count). The summed E-state index contributed by atoms with van der Waals surface area (Å²) >= 11 is 0. The molecule has 120 valence electrons. The van der Waals surface area contributed by atoms with Crippen LogP contribution in [0.2, 0.25) is 0 Å². The van der Waals surface area contributed by atoms with E-state index >= 15 is 0 Å². The molecule has 0 unspecified atom stereocenters. The number of nitro groups is 1. The monoisotopic (exact) mass is 322 g/mol. The summed E-state index contributed by atoms with van der Waals surface area (Å²) in [5, 5.41) is 14.0. The van der Waals surface area contributed by atoms with E-state index in [4.69, 9.17) is 5.73 Å². The number of benzene rings is 1. The van der Waals surface area contributed by atoms with Gasteiger partial charge in [-0.3, -0.25) is 15.1 Å². The minimum absolute atomic E-state index is 0.119. The van der Waals surface area contributed by atoms with Crippen LogP contribution in [0.1, 0.15) is 5.56 Å². The molecule has 8 heteroatoms. The topological polar surface area (TPSA) is 120 Å². The zero-order valence-electron chi connectivity index (χ0n) is 12.8. The first-order valence-corrected chi connectivity index (χ1v) is 7.09. The van der Waals surface area contributed by atoms with Crippen LogP contribution < -0.4 is 11.1 Å². The summed E-state index contributed by atoms with van der Waals surface area (Å²) in [7, 11) is 0. The summed E-state index contributed by atoms with van der Waals surface area (Å²) in [5.41, 5.74) is 8.47. The maximum absolute atomic E-state index is 11.0. The largest absolute Gasteiger partial charge is 0.393 e. The third kappa shape index (κ3) is 3.12. The number of aromatic nitrogens is 3. The lowest BCUT2D eigenvalue weighted by Gasteiger charge is -2.10. The average molecular weight is 322 g/mol. The number of rotatable bonds is 4. The molecule has 0 aliphatic carbocycles. The van der Waals surface area contributed by atoms with Gasteiger partial charge in [-0.1, -0.05) is 0 Å². The van der Waals surface area contributed by atoms with Crippen molar-refractivity contribution in [2.24, 2.45) is 0 Å². The second-order valence-corrected chi connectivity index (χ2v) is 5.12. The first kappa shape index (κ1) is 15.3. The van der Waals surface area contributed by atoms with Gasteiger partial charge in [0.25, 0.3) is 5.69 Å². The van der Waals surface area contributed by atoms with Crippen molar-refractivity contribution in [3.8, 4) is 11.3 Å². The predicted octanol–water partition coefficient (Wildman–Crippen LogP) is 3.08. The van der Waals surface area contributed by atoms with Crippen molar-refractivity contribution in [1.29, 1.82) is 0 Å². The molecule has 2 heterocycles. The Labute approximate surface area is 137 Å². The number of anilines is 3. The Morgan fingerprint density at radius 1 is 1.25 bits per heavy atom. The normalized spacial score (nSPS) is 10.4. The maximum Gasteiger partial charge on any atom is 0.294 e. The second-order valence-electron chi connectivity index (χ2n) is 5.12. The number of hydrogen-bond acceptors (Lipinski definition) is 7. The lowest BCUT2D eigenvalue weighted by Crippen LogP contribution is -2.02. The first-order chi connectivity index (χ1) is 11.5. The number of hydrogen-bond donors (Lipinski definition) is 2. The molecule has 0 amide bonds. The van der Waals surface area contributed by atoms with Gasteiger partial charge in [-0.15, -0.1) is 0 Å². The van der Waals surface area contributed by atoms with E-state index in [1.54, 1.807) is 37.6 Å². The van der Waals surface area contributed by atoms with Gasteiger partial charge in [-0.25, -0.2) is 9.97 Å². The number of nitro benzene ring substituents is 1. The Morgan fingerprint density at radius 2 is 2.08 bits per heavy atom. The molecule has 0 atom stereocenters. The molecule has 0 aliphatic heterocycles. The number of aryl methyl sites for hydroxylation is 1. The molecule has 0 aliphatic rings. The smallest absolute Gasteiger partial charge is 0.294 e. The van der Waals surface area contributed by atoms with Gasteiger partial charge in [0.1, 0.15) is 5.69 Å². The standard InChI is InChI=1S/C16H14N6O2/c1-10-7-12(17)15(22(23)24)8-14(10)21-16-19-6-4-13(20-16)11-3-2-5-18-9-11/h2-9H,17H2,1H3,(H,19,20,21). The third-order valence-electron chi connectivity index (χ3n) is 3.43. The Hall–Kier alpha value is -3.55. The summed E-state index contributed by atoms with van der Waals surface area (Å²) in [4.78, 5) is 23.1. The summed E-state index contributed by atoms with van der Waals surface area (Å²) in [6, 6.07) is 8.40. The molecule has 8 nitrogen and oxygen atoms in total. The zero-order valence-corrected chi connectivity index (χ0v) is 12.8. The molecule has 0 saturated carbocycles. The Bertz CT molecular complexity index is 898. The van der Waals surface area contributed by atoms with E-state index in [0.717, 1.165) is 11.1 Å². The molecule has 2 aromatic heterocycles. The fourth-order valence-corrected chi connectivity index (χ4v) is 2.23. The number of nitrogens with zero attached hydrogens (tertiary/aromatic N) is 4. The quantitative estimate of drug-likeness (QED) is 0.430. The van der Waals surface area contributed by atoms with E-state index in [9.17, 15) is 10.1 Å². The number of pyridine rings is 1. The first-order valence-electron chi connectivity index (χ1n) is 7.09. The Morgan fingerprint density at radius 3 is 2.79 bits per heavy atom. The molecule has 3 aromatic rings. The highest BCUT2D eigenvalue weighted by Gasteiger charge is 2.15. The highest BCUT2D eigenvalue weighted by molar-refractivity contribution is 5.71. The van der Waals surface area contributed by atoms with E-state index in [0.29, 0.717) is 17.3 Å². The summed E-state index contributed by atoms with van der Waals surface area (Å²) in [5.74, 6) is 0.332. The highest BCUT2D eigenvalue weighted by Crippen LogP contribution is 2.30. The number of nitrogens with two attached hydrogens (primary N) is 1. The molecule has 0 fully saturated rings. The highest BCUT2D eigenvalue weighted by atomic mass is 16.6. The van der Waals surface area contributed by atoms with Crippen molar-refractivity contribution in [2.45, 2.75) is 6.92 Å². The van der Waals surface area contributed by atoms with Crippen LogP contribution >= 0.6 is 0 Å². The molecular formula is C16H14N6O2. The van der Waals surface area contributed by atoms with E-state index in [-0.39, 0.29) is 11.4 Å². The van der Waals surface area contributed by atoms with Gasteiger partial charge in [-0.05, 0) is 36.8 Å². The van der Waals surface area contributed by atoms with Crippen LogP contribution in [0.15, 0.2) is 48.9 Å². The lowest BCUT2D eigenvalue weighted by molar-refractivity contribution is -0.383. The van der Waals surface area contributed by atoms with Crippen molar-refractivity contribution in [2.75, 3.05) is 11.1 Å². The summed E-state index contributed by atoms with van der Waals surface area (Å²) in [6.45, 7) is 1.80. The van der Waals surface area contributed by atoms with Gasteiger partial charge in [0.05, 0.1) is 16.3 Å². The van der Waals surface area contributed by atoms with Crippen LogP contribution in [0.25, 0.3) is 11.3 Å². The molecular weight excluding hydrogens is 308 g/mol. The van der Waals surface area contributed by atoms with Gasteiger partial charge in [0.2, 0.25) is 5.95 Å². The second kappa shape index (κ2) is 6.29. The van der Waals surface area contributed by atoms with E-state index in [1.165, 1.54) is 6.07 Å². The van der Waals surface area contributed by atoms with E-state index in [2.05, 4.69) is 20.3 Å². The van der Waals surface area contributed by atoms with Gasteiger partial charge in [0, 0.05) is 30.2 Å². The van der Waals surface area contributed by atoms with E-state index < -0.39 is 4.92 Å². The number of nitrogens with one attached hydrogen (secondary N) is 1. The average Bonchev–Trinajstić information content (AvgIpc) is 2.58. The summed E-state index contributed by atoms with van der Waals surface area (Å²) in [6.07, 6.45) is 4.99. The van der Waals surface area contributed by atoms with Crippen LogP contribution in [0.3, 0.4) is 0 Å². The van der Waals surface area contributed by atoms with Crippen molar-refractivity contribution in [1.82, 2.24) is 15.0 Å². The van der Waals surface area contributed by atoms with Crippen LogP contribution in [0, 0.1) is 17.0 Å².